The van der Waals surface area contributed by atoms with E-state index in [1.807, 2.05) is 18.7 Å². The van der Waals surface area contributed by atoms with E-state index in [2.05, 4.69) is 54.6 Å². The molecule has 20 heavy (non-hydrogen) atoms. The van der Waals surface area contributed by atoms with Crippen LogP contribution in [-0.4, -0.2) is 22.4 Å². The molecule has 1 heterocycles. The van der Waals surface area contributed by atoms with E-state index in [9.17, 15) is 0 Å². The molecule has 0 amide bonds. The van der Waals surface area contributed by atoms with E-state index < -0.39 is 0 Å². The van der Waals surface area contributed by atoms with Gasteiger partial charge in [-0.2, -0.15) is 5.10 Å². The molecule has 1 atom stereocenters. The maximum absolute atomic E-state index is 4.43. The van der Waals surface area contributed by atoms with Crippen LogP contribution in [0.2, 0.25) is 0 Å². The van der Waals surface area contributed by atoms with Crippen LogP contribution in [0.25, 0.3) is 0 Å². The van der Waals surface area contributed by atoms with Gasteiger partial charge in [0.05, 0.1) is 5.69 Å². The van der Waals surface area contributed by atoms with Gasteiger partial charge in [0.2, 0.25) is 0 Å². The van der Waals surface area contributed by atoms with Crippen LogP contribution in [-0.2, 0) is 19.9 Å². The van der Waals surface area contributed by atoms with Crippen LogP contribution in [0.1, 0.15) is 29.4 Å². The number of benzene rings is 1. The smallest absolute Gasteiger partial charge is 0.0596 e. The minimum Gasteiger partial charge on any atom is -0.314 e. The summed E-state index contributed by atoms with van der Waals surface area (Å²) < 4.78 is 2.00. The second kappa shape index (κ2) is 6.71. The van der Waals surface area contributed by atoms with E-state index >= 15 is 0 Å². The molecule has 108 valence electrons. The lowest BCUT2D eigenvalue weighted by Crippen LogP contribution is -2.33. The molecule has 0 spiro atoms. The van der Waals surface area contributed by atoms with Gasteiger partial charge in [0.15, 0.2) is 0 Å². The van der Waals surface area contributed by atoms with E-state index in [1.54, 1.807) is 0 Å². The summed E-state index contributed by atoms with van der Waals surface area (Å²) in [4.78, 5) is 0. The first-order chi connectivity index (χ1) is 9.58. The molecule has 1 N–H and O–H groups in total. The Kier molecular flexibility index (Phi) is 4.96. The summed E-state index contributed by atoms with van der Waals surface area (Å²) in [6, 6.07) is 11.4. The Bertz CT molecular complexity index is 557. The number of rotatable bonds is 6. The molecule has 0 aliphatic heterocycles. The third kappa shape index (κ3) is 3.94. The molecule has 0 saturated carbocycles. The van der Waals surface area contributed by atoms with Crippen LogP contribution in [0.3, 0.4) is 0 Å². The first kappa shape index (κ1) is 14.8. The molecule has 0 radical (unpaired) electrons. The quantitative estimate of drug-likeness (QED) is 0.875. The van der Waals surface area contributed by atoms with Gasteiger partial charge in [-0.05, 0) is 38.4 Å². The van der Waals surface area contributed by atoms with E-state index in [4.69, 9.17) is 0 Å². The zero-order valence-corrected chi connectivity index (χ0v) is 13.0. The molecule has 0 bridgehead atoms. The second-order valence-corrected chi connectivity index (χ2v) is 5.55. The van der Waals surface area contributed by atoms with Gasteiger partial charge in [-0.1, -0.05) is 36.8 Å². The first-order valence-corrected chi connectivity index (χ1v) is 7.37. The standard InChI is InChI=1S/C17H25N3/c1-5-18-16(11-15-8-6-7-13(2)9-15)12-17-10-14(3)19-20(17)4/h6-10,16,18H,5,11-12H2,1-4H3. The van der Waals surface area contributed by atoms with Gasteiger partial charge in [-0.15, -0.1) is 0 Å². The van der Waals surface area contributed by atoms with Gasteiger partial charge in [0.25, 0.3) is 0 Å². The summed E-state index contributed by atoms with van der Waals surface area (Å²) >= 11 is 0. The van der Waals surface area contributed by atoms with Crippen LogP contribution in [0.4, 0.5) is 0 Å². The molecule has 1 unspecified atom stereocenters. The fourth-order valence-electron chi connectivity index (χ4n) is 2.74. The van der Waals surface area contributed by atoms with Crippen molar-refractivity contribution in [3.05, 3.63) is 52.8 Å². The molecule has 0 fully saturated rings. The van der Waals surface area contributed by atoms with Crippen molar-refractivity contribution in [1.82, 2.24) is 15.1 Å². The summed E-state index contributed by atoms with van der Waals surface area (Å²) in [5.41, 5.74) is 5.11. The number of nitrogens with one attached hydrogen (secondary N) is 1. The van der Waals surface area contributed by atoms with Crippen LogP contribution < -0.4 is 5.32 Å². The highest BCUT2D eigenvalue weighted by Crippen LogP contribution is 2.11. The van der Waals surface area contributed by atoms with Crippen LogP contribution >= 0.6 is 0 Å². The van der Waals surface area contributed by atoms with Crippen molar-refractivity contribution < 1.29 is 0 Å². The highest BCUT2D eigenvalue weighted by Gasteiger charge is 2.12. The summed E-state index contributed by atoms with van der Waals surface area (Å²) in [6.45, 7) is 7.35. The molecule has 0 aliphatic carbocycles. The maximum atomic E-state index is 4.43. The molecule has 3 heteroatoms. The monoisotopic (exact) mass is 271 g/mol. The highest BCUT2D eigenvalue weighted by atomic mass is 15.3. The van der Waals surface area contributed by atoms with Crippen molar-refractivity contribution in [3.8, 4) is 0 Å². The van der Waals surface area contributed by atoms with Crippen molar-refractivity contribution in [3.63, 3.8) is 0 Å². The summed E-state index contributed by atoms with van der Waals surface area (Å²) in [7, 11) is 2.03. The molecular formula is C17H25N3. The van der Waals surface area contributed by atoms with Crippen molar-refractivity contribution in [2.45, 2.75) is 39.7 Å². The van der Waals surface area contributed by atoms with E-state index in [0.717, 1.165) is 25.1 Å². The number of hydrogen-bond acceptors (Lipinski definition) is 2. The molecule has 2 aromatic rings. The lowest BCUT2D eigenvalue weighted by molar-refractivity contribution is 0.504. The molecule has 0 aliphatic rings. The minimum atomic E-state index is 0.455. The molecule has 3 nitrogen and oxygen atoms in total. The molecular weight excluding hydrogens is 246 g/mol. The van der Waals surface area contributed by atoms with Gasteiger partial charge in [0, 0.05) is 25.2 Å². The maximum Gasteiger partial charge on any atom is 0.0596 e. The summed E-state index contributed by atoms with van der Waals surface area (Å²) in [5, 5.41) is 8.03. The molecule has 1 aromatic carbocycles. The average Bonchev–Trinajstić information content (AvgIpc) is 2.68. The normalized spacial score (nSPS) is 12.6. The third-order valence-corrected chi connectivity index (χ3v) is 3.61. The number of nitrogens with zero attached hydrogens (tertiary/aromatic N) is 2. The number of aryl methyl sites for hydroxylation is 3. The Morgan fingerprint density at radius 3 is 2.60 bits per heavy atom. The Balaban J connectivity index is 2.09. The minimum absolute atomic E-state index is 0.455. The SMILES string of the molecule is CCNC(Cc1cccc(C)c1)Cc1cc(C)nn1C. The van der Waals surface area contributed by atoms with Gasteiger partial charge in [0.1, 0.15) is 0 Å². The Morgan fingerprint density at radius 1 is 1.20 bits per heavy atom. The van der Waals surface area contributed by atoms with Gasteiger partial charge >= 0.3 is 0 Å². The van der Waals surface area contributed by atoms with Crippen molar-refractivity contribution in [2.24, 2.45) is 7.05 Å². The average molecular weight is 271 g/mol. The Labute approximate surface area is 122 Å². The molecule has 2 rings (SSSR count). The molecule has 0 saturated heterocycles. The lowest BCUT2D eigenvalue weighted by atomic mass is 10.00. The van der Waals surface area contributed by atoms with Crippen molar-refractivity contribution in [2.75, 3.05) is 6.54 Å². The fraction of sp³-hybridized carbons (Fsp3) is 0.471. The van der Waals surface area contributed by atoms with Crippen molar-refractivity contribution in [1.29, 1.82) is 0 Å². The fourth-order valence-corrected chi connectivity index (χ4v) is 2.74. The molecule has 1 aromatic heterocycles. The topological polar surface area (TPSA) is 29.9 Å². The van der Waals surface area contributed by atoms with E-state index in [-0.39, 0.29) is 0 Å². The van der Waals surface area contributed by atoms with Gasteiger partial charge < -0.3 is 5.32 Å². The number of hydrogen-bond donors (Lipinski definition) is 1. The van der Waals surface area contributed by atoms with Gasteiger partial charge in [-0.25, -0.2) is 0 Å². The Hall–Kier alpha value is -1.61. The predicted molar refractivity (Wildman–Crippen MR) is 84.0 cm³/mol. The Morgan fingerprint density at radius 2 is 2.00 bits per heavy atom. The highest BCUT2D eigenvalue weighted by molar-refractivity contribution is 5.23. The summed E-state index contributed by atoms with van der Waals surface area (Å²) in [6.07, 6.45) is 2.07. The van der Waals surface area contributed by atoms with Crippen LogP contribution in [0.15, 0.2) is 30.3 Å². The zero-order chi connectivity index (χ0) is 14.5. The van der Waals surface area contributed by atoms with Crippen LogP contribution in [0, 0.1) is 13.8 Å². The summed E-state index contributed by atoms with van der Waals surface area (Å²) in [5.74, 6) is 0. The van der Waals surface area contributed by atoms with E-state index in [0.29, 0.717) is 6.04 Å². The largest absolute Gasteiger partial charge is 0.314 e. The van der Waals surface area contributed by atoms with Crippen molar-refractivity contribution >= 4 is 0 Å². The third-order valence-electron chi connectivity index (χ3n) is 3.61. The van der Waals surface area contributed by atoms with E-state index in [1.165, 1.54) is 16.8 Å². The number of aromatic nitrogens is 2. The number of likely N-dealkylation sites (N-methyl/N-ethyl adjacent to an activating group) is 1. The predicted octanol–water partition coefficient (Wildman–Crippen LogP) is 2.80. The first-order valence-electron chi connectivity index (χ1n) is 7.37. The van der Waals surface area contributed by atoms with Gasteiger partial charge in [-0.3, -0.25) is 4.68 Å². The lowest BCUT2D eigenvalue weighted by Gasteiger charge is -2.18. The second-order valence-electron chi connectivity index (χ2n) is 5.55. The van der Waals surface area contributed by atoms with Crippen LogP contribution in [0.5, 0.6) is 0 Å². The zero-order valence-electron chi connectivity index (χ0n) is 13.0.